The van der Waals surface area contributed by atoms with Gasteiger partial charge in [0.2, 0.25) is 53.4 Å². The Bertz CT molecular complexity index is 4110. The Labute approximate surface area is 577 Å². The largest absolute Gasteiger partial charge is 0.508 e. The van der Waals surface area contributed by atoms with Gasteiger partial charge in [0.05, 0.1) is 34.7 Å². The van der Waals surface area contributed by atoms with Crippen molar-refractivity contribution < 1.29 is 118 Å². The van der Waals surface area contributed by atoms with E-state index in [0.29, 0.717) is 0 Å². The molecule has 5 aromatic carbocycles. The number of ketones is 1. The molecular formula is C65H71Cl2N9O24. The molecule has 21 N–H and O–H groups in total. The lowest BCUT2D eigenvalue weighted by Crippen LogP contribution is -2.60. The van der Waals surface area contributed by atoms with Crippen LogP contribution in [0, 0.1) is 5.92 Å². The minimum atomic E-state index is -2.36. The number of fused-ring (bicyclic) bond motifs is 15. The van der Waals surface area contributed by atoms with Gasteiger partial charge >= 0.3 is 5.97 Å². The third-order valence-electron chi connectivity index (χ3n) is 17.2. The monoisotopic (exact) mass is 1430 g/mol. The smallest absolute Gasteiger partial charge is 0.330 e. The van der Waals surface area contributed by atoms with Crippen LogP contribution in [-0.4, -0.2) is 178 Å². The Morgan fingerprint density at radius 1 is 0.710 bits per heavy atom. The molecule has 5 aromatic rings. The lowest BCUT2D eigenvalue weighted by molar-refractivity contribution is -0.277. The molecule has 0 saturated carbocycles. The highest BCUT2D eigenvalue weighted by molar-refractivity contribution is 6.32. The number of carbonyl (C=O) groups is 9. The van der Waals surface area contributed by atoms with Gasteiger partial charge in [-0.3, -0.25) is 38.4 Å². The van der Waals surface area contributed by atoms with Crippen LogP contribution in [0.2, 0.25) is 10.0 Å². The lowest BCUT2D eigenvalue weighted by Gasteiger charge is -2.40. The van der Waals surface area contributed by atoms with Gasteiger partial charge in [-0.25, -0.2) is 4.79 Å². The minimum Gasteiger partial charge on any atom is -0.508 e. The summed E-state index contributed by atoms with van der Waals surface area (Å²) < 4.78 is 37.7. The van der Waals surface area contributed by atoms with Crippen LogP contribution >= 0.6 is 23.2 Å². The van der Waals surface area contributed by atoms with E-state index in [1.165, 1.54) is 26.0 Å². The molecule has 7 amide bonds. The second-order valence-corrected chi connectivity index (χ2v) is 26.1. The van der Waals surface area contributed by atoms with Crippen LogP contribution in [0.3, 0.4) is 0 Å². The van der Waals surface area contributed by atoms with E-state index in [4.69, 9.17) is 68.8 Å². The highest BCUT2D eigenvalue weighted by atomic mass is 35.5. The zero-order valence-electron chi connectivity index (χ0n) is 53.3. The van der Waals surface area contributed by atoms with E-state index in [0.717, 1.165) is 66.7 Å². The molecule has 0 aliphatic carbocycles. The van der Waals surface area contributed by atoms with Crippen LogP contribution in [0.15, 0.2) is 78.9 Å². The third kappa shape index (κ3) is 15.3. The standard InChI is InChI=1S/C65H71Cl2N9O24/c1-22(2)11-33(68)57(87)75-48-50(82)25-6-9-37(31(66)13-25)96-39-15-27-16-40(55(39)100-64-53(85)52(84)51(83)41(21-77)98-64)97-38-10-7-26(14-32(38)67)54(99-43-20-65(4,70)56(86)23(3)95-43)49-62(92)74-47(63(93)94)30-17-28(78)18-36(80)44(30)29-12-24(5-8-35(29)79)45(59(89)76-49)73-60(90)46(27)72-58(88)34(19-42(69)81)71-61(48)91/h5-10,12-18,22-23,33-34,41,43,45-54,64,77-80,82-85H,11,19-21,68,70H2,1-4H3,(H2,69,81)(H,71,91)(H,72,88)(H,73,90)(H,74,92)(H,75,87)(H,76,89)(H,93,94)/t23-,33+,34+,41+,43-,45+,46+,47+,48+,49-,50+,51+,52-,53+,54+,64-,65-/m0/s1. The predicted octanol–water partition coefficient (Wildman–Crippen LogP) is 0.0537. The summed E-state index contributed by atoms with van der Waals surface area (Å²) in [4.78, 5) is 131. The van der Waals surface area contributed by atoms with Crippen molar-refractivity contribution >= 4 is 76.3 Å². The molecule has 2 fully saturated rings. The van der Waals surface area contributed by atoms with E-state index in [-0.39, 0.29) is 39.8 Å². The van der Waals surface area contributed by atoms with Crippen molar-refractivity contribution in [1.82, 2.24) is 31.9 Å². The van der Waals surface area contributed by atoms with Gasteiger partial charge in [0.1, 0.15) is 102 Å². The third-order valence-corrected chi connectivity index (χ3v) is 17.8. The summed E-state index contributed by atoms with van der Waals surface area (Å²) in [5.74, 6) is -17.0. The van der Waals surface area contributed by atoms with E-state index >= 15 is 19.2 Å². The van der Waals surface area contributed by atoms with Crippen LogP contribution in [0.1, 0.15) is 105 Å². The maximum Gasteiger partial charge on any atom is 0.330 e. The number of phenolic OH excluding ortho intramolecular Hbond substituents is 3. The van der Waals surface area contributed by atoms with Crippen LogP contribution in [-0.2, 0) is 57.4 Å². The molecule has 12 rings (SSSR count). The van der Waals surface area contributed by atoms with Gasteiger partial charge in [-0.15, -0.1) is 0 Å². The maximum atomic E-state index is 16.1. The first kappa shape index (κ1) is 73.2. The number of amides is 7. The Morgan fingerprint density at radius 2 is 1.32 bits per heavy atom. The molecule has 0 aromatic heterocycles. The number of halogens is 2. The number of aromatic hydroxyl groups is 3. The fraction of sp³-hybridized carbons (Fsp3) is 0.400. The minimum absolute atomic E-state index is 0.0735. The summed E-state index contributed by atoms with van der Waals surface area (Å²) in [5, 5.41) is 115. The molecule has 100 heavy (non-hydrogen) atoms. The van der Waals surface area contributed by atoms with Gasteiger partial charge in [-0.2, -0.15) is 0 Å². The Balaban J connectivity index is 1.26. The summed E-state index contributed by atoms with van der Waals surface area (Å²) in [6.45, 7) is 5.27. The van der Waals surface area contributed by atoms with Crippen LogP contribution < -0.4 is 63.3 Å². The number of Topliss-reactive ketones (excluding diaryl/α,β-unsaturated/α-hetero) is 1. The van der Waals surface area contributed by atoms with Crippen LogP contribution in [0.5, 0.6) is 46.0 Å². The lowest BCUT2D eigenvalue weighted by atomic mass is 9.88. The van der Waals surface area contributed by atoms with Gasteiger partial charge < -0.3 is 123 Å². The number of nitrogens with two attached hydrogens (primary N) is 3. The molecule has 17 atom stereocenters. The van der Waals surface area contributed by atoms with Gasteiger partial charge in [-0.1, -0.05) is 55.2 Å². The molecule has 0 radical (unpaired) electrons. The number of hydrogen-bond acceptors (Lipinski definition) is 25. The van der Waals surface area contributed by atoms with Crippen molar-refractivity contribution in [3.8, 4) is 57.1 Å². The van der Waals surface area contributed by atoms with E-state index in [9.17, 15) is 69.9 Å². The first-order valence-electron chi connectivity index (χ1n) is 31.0. The number of rotatable bonds is 12. The fourth-order valence-corrected chi connectivity index (χ4v) is 12.6. The summed E-state index contributed by atoms with van der Waals surface area (Å²) >= 11 is 14.2. The molecule has 7 aliphatic heterocycles. The predicted molar refractivity (Wildman–Crippen MR) is 343 cm³/mol. The van der Waals surface area contributed by atoms with E-state index in [1.54, 1.807) is 13.8 Å². The molecule has 33 nitrogen and oxygen atoms in total. The normalized spacial score (nSPS) is 28.9. The van der Waals surface area contributed by atoms with Crippen molar-refractivity contribution in [2.75, 3.05) is 6.61 Å². The molecule has 0 unspecified atom stereocenters. The molecule has 0 spiro atoms. The van der Waals surface area contributed by atoms with E-state index in [1.807, 2.05) is 0 Å². The maximum absolute atomic E-state index is 16.1. The molecule has 35 heteroatoms. The average molecular weight is 1430 g/mol. The first-order valence-corrected chi connectivity index (χ1v) is 31.8. The molecule has 7 aliphatic rings. The van der Waals surface area contributed by atoms with Crippen molar-refractivity contribution in [1.29, 1.82) is 0 Å². The molecule has 534 valence electrons. The Hall–Kier alpha value is -9.49. The van der Waals surface area contributed by atoms with Crippen molar-refractivity contribution in [3.63, 3.8) is 0 Å². The number of ether oxygens (including phenoxy) is 6. The zero-order valence-corrected chi connectivity index (χ0v) is 54.8. The van der Waals surface area contributed by atoms with E-state index < -0.39 is 243 Å². The molecule has 7 heterocycles. The SMILES string of the molecule is CC(C)C[C@@H](N)C(=O)N[C@H]1C(=O)N[C@H](CC(N)=O)C(=O)N[C@H]2C(=O)N[C@H]3C(=O)N[C@H](C(=O)N[C@@H](C(=O)O)c4cc(O)cc(O)c4-c4cc3ccc4O)[C@H](O[C@H]3C[C@](C)(N)C(=O)[C@H](C)O3)c3ccc(c(Cl)c3)Oc3cc2cc(c3O[C@@H]2O[C@H](CO)[C@@H](O)[C@H](O)[C@H]2O)Oc2ccc(cc2Cl)[C@H]1O. The van der Waals surface area contributed by atoms with Gasteiger partial charge in [0.25, 0.3) is 0 Å². The number of aliphatic carboxylic acids is 1. The summed E-state index contributed by atoms with van der Waals surface area (Å²) in [5.41, 5.74) is 13.9. The Morgan fingerprint density at radius 3 is 1.93 bits per heavy atom. The van der Waals surface area contributed by atoms with Crippen molar-refractivity contribution in [2.45, 2.75) is 150 Å². The quantitative estimate of drug-likeness (QED) is 0.0785. The van der Waals surface area contributed by atoms with Gasteiger partial charge in [0.15, 0.2) is 29.6 Å². The summed E-state index contributed by atoms with van der Waals surface area (Å²) in [7, 11) is 0. The average Bonchev–Trinajstić information content (AvgIpc) is 0.769. The zero-order chi connectivity index (χ0) is 72.8. The first-order chi connectivity index (χ1) is 47.1. The van der Waals surface area contributed by atoms with Gasteiger partial charge in [0, 0.05) is 29.2 Å². The van der Waals surface area contributed by atoms with Crippen LogP contribution in [0.25, 0.3) is 11.1 Å². The van der Waals surface area contributed by atoms with Crippen LogP contribution in [0.4, 0.5) is 0 Å². The number of phenols is 3. The molecule has 2 saturated heterocycles. The highest BCUT2D eigenvalue weighted by Gasteiger charge is 2.49. The van der Waals surface area contributed by atoms with Crippen molar-refractivity contribution in [2.24, 2.45) is 23.1 Å². The molecule has 11 bridgehead atoms. The van der Waals surface area contributed by atoms with E-state index in [2.05, 4.69) is 31.9 Å². The number of carboxylic acid groups (broad SMARTS) is 1. The van der Waals surface area contributed by atoms with Gasteiger partial charge in [-0.05, 0) is 103 Å². The number of aliphatic hydroxyl groups is 5. The summed E-state index contributed by atoms with van der Waals surface area (Å²) in [6, 6.07) is -1.06. The Kier molecular flexibility index (Phi) is 21.5. The number of aliphatic hydroxyl groups excluding tert-OH is 5. The number of nitrogens with one attached hydrogen (secondary N) is 6. The fourth-order valence-electron chi connectivity index (χ4n) is 12.2. The number of carbonyl (C=O) groups excluding carboxylic acids is 8. The summed E-state index contributed by atoms with van der Waals surface area (Å²) in [6.07, 6.45) is -18.3. The highest BCUT2D eigenvalue weighted by Crippen LogP contribution is 2.50. The number of carboxylic acids is 1. The number of benzene rings is 5. The number of hydrogen-bond donors (Lipinski definition) is 18. The van der Waals surface area contributed by atoms with Crippen molar-refractivity contribution in [3.05, 3.63) is 117 Å². The topological polar surface area (TPSA) is 541 Å². The number of primary amides is 1. The second kappa shape index (κ2) is 29.4. The second-order valence-electron chi connectivity index (χ2n) is 25.2. The molecular weight excluding hydrogens is 1360 g/mol.